The van der Waals surface area contributed by atoms with Crippen molar-refractivity contribution in [2.45, 2.75) is 25.4 Å². The molecule has 84 valence electrons. The van der Waals surface area contributed by atoms with Crippen molar-refractivity contribution in [1.82, 2.24) is 5.32 Å². The second-order valence-electron chi connectivity index (χ2n) is 3.40. The summed E-state index contributed by atoms with van der Waals surface area (Å²) in [6.07, 6.45) is 2.85. The van der Waals surface area contributed by atoms with Gasteiger partial charge in [0.05, 0.1) is 17.9 Å². The maximum Gasteiger partial charge on any atom is 0.230 e. The molecule has 1 N–H and O–H groups in total. The lowest BCUT2D eigenvalue weighted by Crippen LogP contribution is -2.32. The van der Waals surface area contributed by atoms with E-state index >= 15 is 0 Å². The minimum absolute atomic E-state index is 0.0356. The molecule has 5 heteroatoms. The van der Waals surface area contributed by atoms with Crippen molar-refractivity contribution in [3.05, 3.63) is 0 Å². The molecule has 1 aliphatic heterocycles. The summed E-state index contributed by atoms with van der Waals surface area (Å²) in [5, 5.41) is 11.1. The number of hydrogen-bond acceptors (Lipinski definition) is 4. The zero-order valence-corrected chi connectivity index (χ0v) is 9.52. The Kier molecular flexibility index (Phi) is 6.21. The Balaban J connectivity index is 1.96. The van der Waals surface area contributed by atoms with Crippen molar-refractivity contribution in [1.29, 1.82) is 5.26 Å². The second-order valence-corrected chi connectivity index (χ2v) is 4.50. The van der Waals surface area contributed by atoms with Crippen molar-refractivity contribution in [2.75, 3.05) is 24.7 Å². The highest BCUT2D eigenvalue weighted by Gasteiger charge is 2.15. The number of nitrogens with one attached hydrogen (secondary N) is 1. The zero-order valence-electron chi connectivity index (χ0n) is 8.70. The van der Waals surface area contributed by atoms with Crippen LogP contribution in [0.15, 0.2) is 0 Å². The smallest absolute Gasteiger partial charge is 0.230 e. The van der Waals surface area contributed by atoms with Gasteiger partial charge in [-0.15, -0.1) is 0 Å². The number of thioether (sulfide) groups is 1. The Hall–Kier alpha value is -0.730. The van der Waals surface area contributed by atoms with Gasteiger partial charge in [-0.3, -0.25) is 4.79 Å². The van der Waals surface area contributed by atoms with Crippen molar-refractivity contribution < 1.29 is 9.53 Å². The third kappa shape index (κ3) is 5.65. The lowest BCUT2D eigenvalue weighted by atomic mass is 10.2. The highest BCUT2D eigenvalue weighted by atomic mass is 32.2. The third-order valence-corrected chi connectivity index (χ3v) is 3.10. The van der Waals surface area contributed by atoms with E-state index in [1.165, 1.54) is 11.8 Å². The number of amides is 1. The molecule has 0 aromatic carbocycles. The number of carbonyl (C=O) groups is 1. The van der Waals surface area contributed by atoms with Gasteiger partial charge in [-0.05, 0) is 12.8 Å². The van der Waals surface area contributed by atoms with Gasteiger partial charge in [0.1, 0.15) is 0 Å². The van der Waals surface area contributed by atoms with Gasteiger partial charge in [0.15, 0.2) is 0 Å². The van der Waals surface area contributed by atoms with Crippen LogP contribution < -0.4 is 5.32 Å². The van der Waals surface area contributed by atoms with E-state index in [2.05, 4.69) is 5.32 Å². The minimum atomic E-state index is 0.0356. The minimum Gasteiger partial charge on any atom is -0.376 e. The number of ether oxygens (including phenoxy) is 1. The molecule has 15 heavy (non-hydrogen) atoms. The first-order chi connectivity index (χ1) is 7.33. The molecule has 0 aliphatic carbocycles. The predicted octanol–water partition coefficient (Wildman–Crippen LogP) is 0.928. The van der Waals surface area contributed by atoms with Crippen LogP contribution in [0, 0.1) is 11.3 Å². The number of carbonyl (C=O) groups excluding carboxylic acids is 1. The lowest BCUT2D eigenvalue weighted by molar-refractivity contribution is -0.119. The van der Waals surface area contributed by atoms with Gasteiger partial charge in [-0.1, -0.05) is 0 Å². The van der Waals surface area contributed by atoms with Crippen LogP contribution >= 0.6 is 11.8 Å². The van der Waals surface area contributed by atoms with Crippen LogP contribution in [-0.2, 0) is 9.53 Å². The number of rotatable bonds is 6. The normalized spacial score (nSPS) is 19.8. The molecule has 1 fully saturated rings. The van der Waals surface area contributed by atoms with Gasteiger partial charge >= 0.3 is 0 Å². The van der Waals surface area contributed by atoms with E-state index in [-0.39, 0.29) is 12.0 Å². The van der Waals surface area contributed by atoms with Crippen LogP contribution in [0.3, 0.4) is 0 Å². The average Bonchev–Trinajstić information content (AvgIpc) is 2.74. The summed E-state index contributed by atoms with van der Waals surface area (Å²) >= 11 is 1.49. The molecular formula is C10H16N2O2S. The molecule has 1 aliphatic rings. The van der Waals surface area contributed by atoms with Crippen LogP contribution in [0.5, 0.6) is 0 Å². The summed E-state index contributed by atoms with van der Waals surface area (Å²) in [6.45, 7) is 1.44. The fourth-order valence-corrected chi connectivity index (χ4v) is 2.03. The van der Waals surface area contributed by atoms with Crippen LogP contribution in [0.2, 0.25) is 0 Å². The third-order valence-electron chi connectivity index (χ3n) is 2.14. The van der Waals surface area contributed by atoms with E-state index in [0.29, 0.717) is 18.7 Å². The quantitative estimate of drug-likeness (QED) is 0.687. The fraction of sp³-hybridized carbons (Fsp3) is 0.800. The topological polar surface area (TPSA) is 62.1 Å². The Morgan fingerprint density at radius 1 is 1.67 bits per heavy atom. The number of nitrogens with zero attached hydrogens (tertiary/aromatic N) is 1. The molecule has 1 saturated heterocycles. The van der Waals surface area contributed by atoms with Crippen molar-refractivity contribution >= 4 is 17.7 Å². The maximum atomic E-state index is 11.3. The molecule has 0 radical (unpaired) electrons. The maximum absolute atomic E-state index is 11.3. The molecular weight excluding hydrogens is 212 g/mol. The van der Waals surface area contributed by atoms with Crippen LogP contribution in [0.1, 0.15) is 19.3 Å². The molecule has 1 heterocycles. The highest BCUT2D eigenvalue weighted by molar-refractivity contribution is 7.99. The number of hydrogen-bond donors (Lipinski definition) is 1. The van der Waals surface area contributed by atoms with Gasteiger partial charge in [0, 0.05) is 25.3 Å². The Labute approximate surface area is 94.4 Å². The van der Waals surface area contributed by atoms with Gasteiger partial charge in [0.25, 0.3) is 0 Å². The van der Waals surface area contributed by atoms with E-state index in [1.807, 2.05) is 6.07 Å². The van der Waals surface area contributed by atoms with Crippen LogP contribution in [-0.4, -0.2) is 36.7 Å². The van der Waals surface area contributed by atoms with Gasteiger partial charge in [-0.25, -0.2) is 0 Å². The summed E-state index contributed by atoms with van der Waals surface area (Å²) in [5.41, 5.74) is 0. The first kappa shape index (κ1) is 12.3. The van der Waals surface area contributed by atoms with E-state index < -0.39 is 0 Å². The average molecular weight is 228 g/mol. The van der Waals surface area contributed by atoms with E-state index in [4.69, 9.17) is 10.00 Å². The predicted molar refractivity (Wildman–Crippen MR) is 59.5 cm³/mol. The molecule has 0 aromatic rings. The fourth-order valence-electron chi connectivity index (χ4n) is 1.37. The first-order valence-corrected chi connectivity index (χ1v) is 6.31. The zero-order chi connectivity index (χ0) is 10.9. The molecule has 1 amide bonds. The molecule has 1 rings (SSSR count). The summed E-state index contributed by atoms with van der Waals surface area (Å²) in [7, 11) is 0. The number of nitriles is 1. The summed E-state index contributed by atoms with van der Waals surface area (Å²) in [6, 6.07) is 2.05. The highest BCUT2D eigenvalue weighted by Crippen LogP contribution is 2.10. The molecule has 0 saturated carbocycles. The summed E-state index contributed by atoms with van der Waals surface area (Å²) in [4.78, 5) is 11.3. The first-order valence-electron chi connectivity index (χ1n) is 5.16. The Morgan fingerprint density at radius 3 is 3.20 bits per heavy atom. The Bertz CT molecular complexity index is 234. The molecule has 0 spiro atoms. The summed E-state index contributed by atoms with van der Waals surface area (Å²) in [5.74, 6) is 1.20. The van der Waals surface area contributed by atoms with Crippen molar-refractivity contribution in [2.24, 2.45) is 0 Å². The van der Waals surface area contributed by atoms with Crippen LogP contribution in [0.4, 0.5) is 0 Å². The lowest BCUT2D eigenvalue weighted by Gasteiger charge is -2.10. The summed E-state index contributed by atoms with van der Waals surface area (Å²) < 4.78 is 5.38. The molecule has 1 unspecified atom stereocenters. The van der Waals surface area contributed by atoms with Gasteiger partial charge < -0.3 is 10.1 Å². The van der Waals surface area contributed by atoms with Crippen molar-refractivity contribution in [3.8, 4) is 6.07 Å². The van der Waals surface area contributed by atoms with Crippen molar-refractivity contribution in [3.63, 3.8) is 0 Å². The van der Waals surface area contributed by atoms with E-state index in [1.54, 1.807) is 0 Å². The van der Waals surface area contributed by atoms with E-state index in [0.717, 1.165) is 25.2 Å². The van der Waals surface area contributed by atoms with Crippen LogP contribution in [0.25, 0.3) is 0 Å². The SMILES string of the molecule is N#CCCSCC(=O)NCC1CCCO1. The van der Waals surface area contributed by atoms with Gasteiger partial charge in [-0.2, -0.15) is 17.0 Å². The molecule has 0 aromatic heterocycles. The van der Waals surface area contributed by atoms with Gasteiger partial charge in [0.2, 0.25) is 5.91 Å². The Morgan fingerprint density at radius 2 is 2.53 bits per heavy atom. The monoisotopic (exact) mass is 228 g/mol. The molecule has 4 nitrogen and oxygen atoms in total. The van der Waals surface area contributed by atoms with E-state index in [9.17, 15) is 4.79 Å². The molecule has 0 bridgehead atoms. The second kappa shape index (κ2) is 7.55. The largest absolute Gasteiger partial charge is 0.376 e. The molecule has 1 atom stereocenters. The standard InChI is InChI=1S/C10H16N2O2S/c11-4-2-6-15-8-10(13)12-7-9-3-1-5-14-9/h9H,1-3,5-8H2,(H,12,13).